The summed E-state index contributed by atoms with van der Waals surface area (Å²) in [4.78, 5) is 0.390. The maximum atomic E-state index is 12.7. The van der Waals surface area contributed by atoms with E-state index in [2.05, 4.69) is 0 Å². The van der Waals surface area contributed by atoms with Crippen molar-refractivity contribution < 1.29 is 8.42 Å². The van der Waals surface area contributed by atoms with Crippen molar-refractivity contribution in [2.75, 3.05) is 12.8 Å². The van der Waals surface area contributed by atoms with E-state index in [9.17, 15) is 8.42 Å². The Morgan fingerprint density at radius 1 is 1.26 bits per heavy atom. The first kappa shape index (κ1) is 14.3. The summed E-state index contributed by atoms with van der Waals surface area (Å²) in [6, 6.07) is 3.83. The van der Waals surface area contributed by atoms with Crippen molar-refractivity contribution in [1.29, 1.82) is 0 Å². The van der Waals surface area contributed by atoms with E-state index in [1.165, 1.54) is 4.31 Å². The van der Waals surface area contributed by atoms with Gasteiger partial charge in [0, 0.05) is 18.8 Å². The van der Waals surface area contributed by atoms with Gasteiger partial charge in [0.25, 0.3) is 0 Å². The largest absolute Gasteiger partial charge is 0.398 e. The topological polar surface area (TPSA) is 63.4 Å². The van der Waals surface area contributed by atoms with E-state index < -0.39 is 10.0 Å². The molecule has 106 valence electrons. The summed E-state index contributed by atoms with van der Waals surface area (Å²) in [5.41, 5.74) is 8.31. The molecule has 0 aliphatic heterocycles. The van der Waals surface area contributed by atoms with Gasteiger partial charge in [-0.05, 0) is 48.9 Å². The van der Waals surface area contributed by atoms with E-state index in [0.717, 1.165) is 30.4 Å². The van der Waals surface area contributed by atoms with Gasteiger partial charge in [0.2, 0.25) is 10.0 Å². The van der Waals surface area contributed by atoms with E-state index in [1.807, 2.05) is 19.9 Å². The summed E-state index contributed by atoms with van der Waals surface area (Å²) >= 11 is 0. The van der Waals surface area contributed by atoms with Crippen LogP contribution in [-0.4, -0.2) is 25.8 Å². The predicted molar refractivity (Wildman–Crippen MR) is 77.6 cm³/mol. The lowest BCUT2D eigenvalue weighted by Gasteiger charge is -2.20. The minimum Gasteiger partial charge on any atom is -0.398 e. The smallest absolute Gasteiger partial charge is 0.243 e. The number of hydrogen-bond acceptors (Lipinski definition) is 3. The normalized spacial score (nSPS) is 16.0. The average Bonchev–Trinajstić information content (AvgIpc) is 3.20. The highest BCUT2D eigenvalue weighted by atomic mass is 32.2. The molecule has 1 fully saturated rings. The molecule has 0 amide bonds. The average molecular weight is 282 g/mol. The van der Waals surface area contributed by atoms with Crippen molar-refractivity contribution in [3.8, 4) is 0 Å². The molecular weight excluding hydrogens is 260 g/mol. The molecule has 2 rings (SSSR count). The van der Waals surface area contributed by atoms with Crippen molar-refractivity contribution in [2.24, 2.45) is 0 Å². The number of hydrogen-bond donors (Lipinski definition) is 1. The second-order valence-electron chi connectivity index (χ2n) is 5.12. The fourth-order valence-electron chi connectivity index (χ4n) is 2.33. The molecular formula is C14H22N2O2S. The molecule has 5 heteroatoms. The molecule has 0 spiro atoms. The van der Waals surface area contributed by atoms with Crippen LogP contribution >= 0.6 is 0 Å². The summed E-state index contributed by atoms with van der Waals surface area (Å²) < 4.78 is 26.9. The Balaban J connectivity index is 2.56. The number of aryl methyl sites for hydroxylation is 1. The van der Waals surface area contributed by atoms with E-state index >= 15 is 0 Å². The molecule has 1 aromatic rings. The predicted octanol–water partition coefficient (Wildman–Crippen LogP) is 2.18. The highest BCUT2D eigenvalue weighted by Crippen LogP contribution is 2.33. The van der Waals surface area contributed by atoms with Crippen molar-refractivity contribution in [2.45, 2.75) is 50.5 Å². The van der Waals surface area contributed by atoms with Crippen molar-refractivity contribution in [1.82, 2.24) is 4.31 Å². The number of nitrogen functional groups attached to an aromatic ring is 1. The summed E-state index contributed by atoms with van der Waals surface area (Å²) in [5, 5.41) is 0. The third-order valence-corrected chi connectivity index (χ3v) is 5.76. The Bertz CT molecular complexity index is 577. The first-order chi connectivity index (χ1) is 8.91. The Labute approximate surface area is 115 Å². The quantitative estimate of drug-likeness (QED) is 0.842. The maximum Gasteiger partial charge on any atom is 0.243 e. The molecule has 2 N–H and O–H groups in total. The Morgan fingerprint density at radius 3 is 2.37 bits per heavy atom. The number of nitrogens with two attached hydrogens (primary N) is 1. The summed E-state index contributed by atoms with van der Waals surface area (Å²) in [5.74, 6) is 0. The third-order valence-electron chi connectivity index (χ3n) is 3.78. The van der Waals surface area contributed by atoms with E-state index in [0.29, 0.717) is 17.0 Å². The SMILES string of the molecule is CCc1cc(N)c(CC)c(S(=O)(=O)N(C)C2CC2)c1. The Hall–Kier alpha value is -1.07. The van der Waals surface area contributed by atoms with Gasteiger partial charge in [-0.2, -0.15) is 4.31 Å². The zero-order valence-electron chi connectivity index (χ0n) is 11.8. The number of sulfonamides is 1. The molecule has 0 aromatic heterocycles. The zero-order valence-corrected chi connectivity index (χ0v) is 12.6. The van der Waals surface area contributed by atoms with E-state index in [4.69, 9.17) is 5.73 Å². The summed E-state index contributed by atoms with van der Waals surface area (Å²) in [7, 11) is -1.75. The first-order valence-electron chi connectivity index (χ1n) is 6.81. The summed E-state index contributed by atoms with van der Waals surface area (Å²) in [6.45, 7) is 3.94. The standard InChI is InChI=1S/C14H22N2O2S/c1-4-10-8-13(15)12(5-2)14(9-10)19(17,18)16(3)11-6-7-11/h8-9,11H,4-7,15H2,1-3H3. The van der Waals surface area contributed by atoms with Crippen LogP contribution in [0.1, 0.15) is 37.8 Å². The van der Waals surface area contributed by atoms with Crippen molar-refractivity contribution in [3.05, 3.63) is 23.3 Å². The van der Waals surface area contributed by atoms with Crippen LogP contribution in [0.2, 0.25) is 0 Å². The minimum absolute atomic E-state index is 0.168. The van der Waals surface area contributed by atoms with Crippen LogP contribution in [0.5, 0.6) is 0 Å². The van der Waals surface area contributed by atoms with Gasteiger partial charge >= 0.3 is 0 Å². The van der Waals surface area contributed by atoms with Gasteiger partial charge in [0.1, 0.15) is 0 Å². The first-order valence-corrected chi connectivity index (χ1v) is 8.25. The van der Waals surface area contributed by atoms with Gasteiger partial charge in [-0.3, -0.25) is 0 Å². The molecule has 1 aliphatic carbocycles. The van der Waals surface area contributed by atoms with Crippen molar-refractivity contribution in [3.63, 3.8) is 0 Å². The molecule has 1 aromatic carbocycles. The lowest BCUT2D eigenvalue weighted by molar-refractivity contribution is 0.463. The molecule has 1 saturated carbocycles. The van der Waals surface area contributed by atoms with E-state index in [-0.39, 0.29) is 6.04 Å². The van der Waals surface area contributed by atoms with Gasteiger partial charge in [-0.15, -0.1) is 0 Å². The summed E-state index contributed by atoms with van der Waals surface area (Å²) in [6.07, 6.45) is 3.33. The second kappa shape index (κ2) is 5.13. The molecule has 19 heavy (non-hydrogen) atoms. The minimum atomic E-state index is -3.42. The zero-order chi connectivity index (χ0) is 14.2. The number of rotatable bonds is 5. The molecule has 0 heterocycles. The molecule has 0 atom stereocenters. The molecule has 0 unspecified atom stereocenters. The highest BCUT2D eigenvalue weighted by Gasteiger charge is 2.36. The monoisotopic (exact) mass is 282 g/mol. The van der Waals surface area contributed by atoms with Gasteiger partial charge in [0.05, 0.1) is 4.90 Å². The van der Waals surface area contributed by atoms with Crippen LogP contribution in [-0.2, 0) is 22.9 Å². The highest BCUT2D eigenvalue weighted by molar-refractivity contribution is 7.89. The van der Waals surface area contributed by atoms with Crippen LogP contribution in [0, 0.1) is 0 Å². The van der Waals surface area contributed by atoms with Crippen LogP contribution in [0.4, 0.5) is 5.69 Å². The number of nitrogens with zero attached hydrogens (tertiary/aromatic N) is 1. The van der Waals surface area contributed by atoms with Crippen LogP contribution in [0.25, 0.3) is 0 Å². The fourth-order valence-corrected chi connectivity index (χ4v) is 4.12. The molecule has 0 bridgehead atoms. The second-order valence-corrected chi connectivity index (χ2v) is 7.09. The third kappa shape index (κ3) is 2.62. The van der Waals surface area contributed by atoms with Crippen LogP contribution in [0.15, 0.2) is 17.0 Å². The Kier molecular flexibility index (Phi) is 3.87. The molecule has 1 aliphatic rings. The molecule has 4 nitrogen and oxygen atoms in total. The lowest BCUT2D eigenvalue weighted by Crippen LogP contribution is -2.30. The van der Waals surface area contributed by atoms with Gasteiger partial charge in [-0.25, -0.2) is 8.42 Å². The maximum absolute atomic E-state index is 12.7. The molecule has 0 saturated heterocycles. The van der Waals surface area contributed by atoms with Crippen molar-refractivity contribution >= 4 is 15.7 Å². The van der Waals surface area contributed by atoms with Crippen LogP contribution in [0.3, 0.4) is 0 Å². The Morgan fingerprint density at radius 2 is 1.89 bits per heavy atom. The van der Waals surface area contributed by atoms with E-state index in [1.54, 1.807) is 13.1 Å². The van der Waals surface area contributed by atoms with Crippen LogP contribution < -0.4 is 5.73 Å². The van der Waals surface area contributed by atoms with Gasteiger partial charge in [0.15, 0.2) is 0 Å². The van der Waals surface area contributed by atoms with Gasteiger partial charge < -0.3 is 5.73 Å². The molecule has 0 radical (unpaired) electrons. The lowest BCUT2D eigenvalue weighted by atomic mass is 10.1. The fraction of sp³-hybridized carbons (Fsp3) is 0.571. The van der Waals surface area contributed by atoms with Gasteiger partial charge in [-0.1, -0.05) is 13.8 Å². The number of anilines is 1. The number of benzene rings is 1.